The molecule has 0 spiro atoms. The van der Waals surface area contributed by atoms with E-state index in [9.17, 15) is 39.0 Å². The Bertz CT molecular complexity index is 1850. The fourth-order valence-electron chi connectivity index (χ4n) is 5.24. The molecule has 0 aromatic carbocycles. The Hall–Kier alpha value is -2.94. The molecule has 2 aliphatic rings. The number of nitrogens with two attached hydrogens (primary N) is 1. The van der Waals surface area contributed by atoms with Crippen molar-refractivity contribution in [2.45, 2.75) is 49.1 Å². The SMILES string of the molecule is Nc1nc2c(ncn2[C@@H]2O[C@H](CO)[C@@H](O)[C@H]2OP(=O)(O)OC[C@H]2O[C@@H](n3ccc4c(Cl)ccnc43)[C@H](O)[C@@H]2O[P+](=O)O)c(=O)[nH]1. The summed E-state index contributed by atoms with van der Waals surface area (Å²) in [6, 6.07) is 3.16. The molecule has 0 saturated carbocycles. The van der Waals surface area contributed by atoms with Gasteiger partial charge in [-0.05, 0) is 12.1 Å². The van der Waals surface area contributed by atoms with Crippen LogP contribution in [-0.2, 0) is 32.2 Å². The number of pyridine rings is 1. The maximum absolute atomic E-state index is 13.2. The van der Waals surface area contributed by atoms with E-state index < -0.39 is 83.9 Å². The van der Waals surface area contributed by atoms with Crippen molar-refractivity contribution in [3.05, 3.63) is 46.2 Å². The van der Waals surface area contributed by atoms with Gasteiger partial charge in [-0.15, -0.1) is 9.42 Å². The minimum atomic E-state index is -5.15. The molecule has 2 saturated heterocycles. The number of rotatable bonds is 10. The third kappa shape index (κ3) is 6.01. The third-order valence-corrected chi connectivity index (χ3v) is 8.97. The zero-order valence-electron chi connectivity index (χ0n) is 22.5. The number of nitrogens with zero attached hydrogens (tertiary/aromatic N) is 5. The summed E-state index contributed by atoms with van der Waals surface area (Å²) in [6.07, 6.45) is -7.88. The average Bonchev–Trinajstić information content (AvgIpc) is 3.73. The summed E-state index contributed by atoms with van der Waals surface area (Å²) in [5.74, 6) is -0.273. The lowest BCUT2D eigenvalue weighted by Crippen LogP contribution is -2.36. The molecular weight excluding hydrogens is 668 g/mol. The minimum absolute atomic E-state index is 0.111. The average molecular weight is 693 g/mol. The molecule has 6 heterocycles. The Morgan fingerprint density at radius 3 is 2.60 bits per heavy atom. The van der Waals surface area contributed by atoms with Gasteiger partial charge in [0.15, 0.2) is 29.7 Å². The van der Waals surface area contributed by atoms with Crippen LogP contribution in [0, 0.1) is 0 Å². The molecule has 0 bridgehead atoms. The predicted octanol–water partition coefficient (Wildman–Crippen LogP) is -0.549. The van der Waals surface area contributed by atoms with E-state index in [4.69, 9.17) is 40.4 Å². The van der Waals surface area contributed by atoms with Crippen molar-refractivity contribution in [3.8, 4) is 0 Å². The first-order chi connectivity index (χ1) is 21.4. The van der Waals surface area contributed by atoms with Crippen molar-refractivity contribution in [1.29, 1.82) is 0 Å². The van der Waals surface area contributed by atoms with Gasteiger partial charge in [0.2, 0.25) is 5.95 Å². The van der Waals surface area contributed by atoms with E-state index in [1.165, 1.54) is 17.0 Å². The van der Waals surface area contributed by atoms with Crippen LogP contribution in [0.3, 0.4) is 0 Å². The number of anilines is 1. The number of H-pyrrole nitrogens is 1. The molecule has 23 heteroatoms. The lowest BCUT2D eigenvalue weighted by Gasteiger charge is -2.24. The Morgan fingerprint density at radius 1 is 1.11 bits per heavy atom. The number of aliphatic hydroxyl groups is 3. The van der Waals surface area contributed by atoms with E-state index in [1.807, 2.05) is 0 Å². The number of ether oxygens (including phenoxy) is 2. The van der Waals surface area contributed by atoms with Gasteiger partial charge in [0.1, 0.15) is 36.2 Å². The molecule has 0 amide bonds. The monoisotopic (exact) mass is 692 g/mol. The highest BCUT2D eigenvalue weighted by Gasteiger charge is 2.53. The summed E-state index contributed by atoms with van der Waals surface area (Å²) < 4.78 is 54.1. The van der Waals surface area contributed by atoms with Gasteiger partial charge in [-0.25, -0.2) is 14.5 Å². The highest BCUT2D eigenvalue weighted by molar-refractivity contribution is 7.47. The van der Waals surface area contributed by atoms with Crippen LogP contribution < -0.4 is 11.3 Å². The molecule has 2 aliphatic heterocycles. The summed E-state index contributed by atoms with van der Waals surface area (Å²) in [7, 11) is -8.42. The van der Waals surface area contributed by atoms with E-state index in [1.54, 1.807) is 12.1 Å². The lowest BCUT2D eigenvalue weighted by molar-refractivity contribution is -0.0607. The Kier molecular flexibility index (Phi) is 8.78. The summed E-state index contributed by atoms with van der Waals surface area (Å²) >= 11 is 6.21. The first-order valence-electron chi connectivity index (χ1n) is 13.0. The van der Waals surface area contributed by atoms with Gasteiger partial charge in [0.05, 0.1) is 24.6 Å². The Morgan fingerprint density at radius 2 is 1.87 bits per heavy atom. The van der Waals surface area contributed by atoms with Gasteiger partial charge in [0.25, 0.3) is 5.56 Å². The van der Waals surface area contributed by atoms with E-state index in [-0.39, 0.29) is 17.1 Å². The molecule has 242 valence electrons. The summed E-state index contributed by atoms with van der Waals surface area (Å²) in [4.78, 5) is 46.7. The molecule has 8 N–H and O–H groups in total. The van der Waals surface area contributed by atoms with Crippen molar-refractivity contribution >= 4 is 55.8 Å². The molecule has 2 fully saturated rings. The largest absolute Gasteiger partial charge is 0.695 e. The number of imidazole rings is 1. The summed E-state index contributed by atoms with van der Waals surface area (Å²) in [6.45, 7) is -1.54. The van der Waals surface area contributed by atoms with Gasteiger partial charge in [-0.2, -0.15) is 4.98 Å². The van der Waals surface area contributed by atoms with Crippen molar-refractivity contribution in [3.63, 3.8) is 0 Å². The smallest absolute Gasteiger partial charge is 0.394 e. The Labute approximate surface area is 256 Å². The molecule has 0 aliphatic carbocycles. The van der Waals surface area contributed by atoms with E-state index in [0.717, 1.165) is 10.9 Å². The van der Waals surface area contributed by atoms with Crippen LogP contribution in [-0.4, -0.2) is 104 Å². The van der Waals surface area contributed by atoms with Gasteiger partial charge in [-0.1, -0.05) is 11.6 Å². The van der Waals surface area contributed by atoms with Crippen LogP contribution >= 0.6 is 27.7 Å². The fraction of sp³-hybridized carbons (Fsp3) is 0.455. The molecule has 0 radical (unpaired) electrons. The second-order valence-electron chi connectivity index (χ2n) is 9.96. The number of aromatic nitrogens is 6. The highest BCUT2D eigenvalue weighted by atomic mass is 35.5. The van der Waals surface area contributed by atoms with Crippen LogP contribution in [0.2, 0.25) is 5.02 Å². The standard InChI is InChI=1S/C22H24ClN7O13P2/c23-9-1-3-25-17-8(9)2-4-29(17)20-14(33)15(42-44(35)36)11(41-20)6-39-45(37,38)43-16-13(32)10(5-31)40-21(16)30-7-26-12-18(30)27-22(24)28-19(12)34/h1-4,7,10-11,13-16,20-21,31-33H,5-6H2,(H4-,24,27,28,34,35,36,37,38)/p+1/t10-,11-,13-,14-,15-,16-,20-,21-/m1/s1. The quantitative estimate of drug-likeness (QED) is 0.103. The first-order valence-corrected chi connectivity index (χ1v) is 16.0. The van der Waals surface area contributed by atoms with E-state index in [2.05, 4.69) is 19.9 Å². The maximum Gasteiger partial charge on any atom is 0.695 e. The number of nitrogen functional groups attached to an aromatic ring is 1. The molecular formula is C22H25ClN7O13P2+. The molecule has 2 unspecified atom stereocenters. The second kappa shape index (κ2) is 12.3. The number of nitrogens with one attached hydrogen (secondary N) is 1. The van der Waals surface area contributed by atoms with Crippen molar-refractivity contribution in [2.75, 3.05) is 18.9 Å². The number of halogens is 1. The molecule has 10 atom stereocenters. The summed E-state index contributed by atoms with van der Waals surface area (Å²) in [5, 5.41) is 32.3. The molecule has 45 heavy (non-hydrogen) atoms. The van der Waals surface area contributed by atoms with Crippen LogP contribution in [0.1, 0.15) is 12.5 Å². The number of hydrogen-bond acceptors (Lipinski definition) is 15. The fourth-order valence-corrected chi connectivity index (χ4v) is 6.84. The topological polar surface area (TPSA) is 289 Å². The normalized spacial score (nSPS) is 30.3. The molecule has 6 rings (SSSR count). The van der Waals surface area contributed by atoms with Gasteiger partial charge in [-0.3, -0.25) is 23.4 Å². The third-order valence-electron chi connectivity index (χ3n) is 7.23. The van der Waals surface area contributed by atoms with Crippen LogP contribution in [0.15, 0.2) is 35.6 Å². The van der Waals surface area contributed by atoms with Gasteiger partial charge >= 0.3 is 16.1 Å². The minimum Gasteiger partial charge on any atom is -0.394 e. The zero-order chi connectivity index (χ0) is 32.2. The van der Waals surface area contributed by atoms with Crippen molar-refractivity contribution < 1.29 is 57.3 Å². The number of hydrogen-bond donors (Lipinski definition) is 7. The van der Waals surface area contributed by atoms with E-state index in [0.29, 0.717) is 16.1 Å². The number of phosphoric acid groups is 1. The summed E-state index contributed by atoms with van der Waals surface area (Å²) in [5.41, 5.74) is 4.98. The van der Waals surface area contributed by atoms with Crippen molar-refractivity contribution in [2.24, 2.45) is 0 Å². The second-order valence-corrected chi connectivity index (χ2v) is 12.5. The number of fused-ring (bicyclic) bond motifs is 2. The molecule has 4 aromatic heterocycles. The van der Waals surface area contributed by atoms with Crippen LogP contribution in [0.4, 0.5) is 5.95 Å². The van der Waals surface area contributed by atoms with Crippen LogP contribution in [0.25, 0.3) is 22.2 Å². The maximum atomic E-state index is 13.2. The van der Waals surface area contributed by atoms with Crippen LogP contribution in [0.5, 0.6) is 0 Å². The number of aromatic amines is 1. The first kappa shape index (κ1) is 32.0. The number of phosphoric ester groups is 1. The van der Waals surface area contributed by atoms with E-state index >= 15 is 0 Å². The highest BCUT2D eigenvalue weighted by Crippen LogP contribution is 2.50. The van der Waals surface area contributed by atoms with Gasteiger partial charge < -0.3 is 40.0 Å². The predicted molar refractivity (Wildman–Crippen MR) is 150 cm³/mol. The van der Waals surface area contributed by atoms with Gasteiger partial charge in [0, 0.05) is 22.3 Å². The number of aliphatic hydroxyl groups excluding tert-OH is 3. The molecule has 20 nitrogen and oxygen atoms in total. The zero-order valence-corrected chi connectivity index (χ0v) is 25.1. The molecule has 4 aromatic rings. The lowest BCUT2D eigenvalue weighted by atomic mass is 10.1. The Balaban J connectivity index is 1.22. The van der Waals surface area contributed by atoms with Crippen molar-refractivity contribution in [1.82, 2.24) is 29.1 Å².